The van der Waals surface area contributed by atoms with E-state index in [1.807, 2.05) is 0 Å². The van der Waals surface area contributed by atoms with E-state index in [9.17, 15) is 0 Å². The Labute approximate surface area is 95.0 Å². The molecule has 43 valence electrons. The van der Waals surface area contributed by atoms with Gasteiger partial charge in [-0.2, -0.15) is 0 Å². The first-order chi connectivity index (χ1) is 2.00. The van der Waals surface area contributed by atoms with E-state index in [2.05, 4.69) is 0 Å². The maximum atomic E-state index is 8.88. The summed E-state index contributed by atoms with van der Waals surface area (Å²) in [5.41, 5.74) is 0. The normalized spacial score (nSPS) is 8.43. The van der Waals surface area contributed by atoms with Gasteiger partial charge in [0, 0.05) is 16.8 Å². The summed E-state index contributed by atoms with van der Waals surface area (Å²) in [7, 11) is -4.64. The summed E-state index contributed by atoms with van der Waals surface area (Å²) in [5.74, 6) is 0. The van der Waals surface area contributed by atoms with Crippen LogP contribution in [0.1, 0.15) is 1.43 Å². The van der Waals surface area contributed by atoms with Crippen LogP contribution in [0.5, 0.6) is 0 Å². The minimum Gasteiger partial charge on any atom is -1.00 e. The third kappa shape index (κ3) is 63.6. The molecule has 0 aromatic carbocycles. The Balaban J connectivity index is -0.0000000267. The van der Waals surface area contributed by atoms with Gasteiger partial charge in [-0.3, -0.25) is 0 Å². The van der Waals surface area contributed by atoms with Crippen molar-refractivity contribution in [3.63, 3.8) is 0 Å². The topological polar surface area (TPSA) is 77.8 Å². The van der Waals surface area contributed by atoms with Crippen LogP contribution >= 0.6 is 7.82 Å². The van der Waals surface area contributed by atoms with E-state index in [0.29, 0.717) is 0 Å². The van der Waals surface area contributed by atoms with E-state index in [1.165, 1.54) is 0 Å². The summed E-state index contributed by atoms with van der Waals surface area (Å²) in [5, 5.41) is 0. The van der Waals surface area contributed by atoms with Crippen molar-refractivity contribution in [1.29, 1.82) is 0 Å². The second-order valence-corrected chi connectivity index (χ2v) is 1.54. The van der Waals surface area contributed by atoms with E-state index in [4.69, 9.17) is 19.2 Å². The van der Waals surface area contributed by atoms with Crippen molar-refractivity contribution in [2.75, 3.05) is 0 Å². The van der Waals surface area contributed by atoms with Gasteiger partial charge in [-0.15, -0.1) is 0 Å². The summed E-state index contributed by atoms with van der Waals surface area (Å²) in [6.45, 7) is 0. The summed E-state index contributed by atoms with van der Waals surface area (Å²) in [4.78, 5) is 21.6. The Morgan fingerprint density at radius 1 is 1.29 bits per heavy atom. The fraction of sp³-hybridized carbons (Fsp3) is 0. The first-order valence-corrected chi connectivity index (χ1v) is 2.35. The Hall–Kier alpha value is 2.25. The summed E-state index contributed by atoms with van der Waals surface area (Å²) in [6.07, 6.45) is 0. The standard InChI is InChI=1S/Co.K.H3O4P.H/c;;1-5(2,3)4;/h;;(H3,1,2,3,4);/q;+1;;-1. The molecule has 0 aliphatic heterocycles. The third-order valence-corrected chi connectivity index (χ3v) is 0. The zero-order chi connectivity index (χ0) is 4.50. The first kappa shape index (κ1) is 16.1. The van der Waals surface area contributed by atoms with Gasteiger partial charge >= 0.3 is 59.2 Å². The van der Waals surface area contributed by atoms with Crippen LogP contribution < -0.4 is 51.4 Å². The maximum absolute atomic E-state index is 8.88. The minimum atomic E-state index is -4.64. The van der Waals surface area contributed by atoms with Crippen LogP contribution in [0.2, 0.25) is 0 Å². The van der Waals surface area contributed by atoms with Crippen molar-refractivity contribution in [3.05, 3.63) is 0 Å². The van der Waals surface area contributed by atoms with Crippen molar-refractivity contribution in [1.82, 2.24) is 0 Å². The van der Waals surface area contributed by atoms with Crippen LogP contribution in [0, 0.1) is 0 Å². The maximum Gasteiger partial charge on any atom is 1.00 e. The van der Waals surface area contributed by atoms with Crippen LogP contribution in [-0.4, -0.2) is 14.7 Å². The zero-order valence-corrected chi connectivity index (χ0v) is 8.59. The SMILES string of the molecule is O=P(O)(O)O.[Co].[H-].[K+]. The average molecular weight is 197 g/mol. The molecule has 7 heteroatoms. The molecule has 0 saturated heterocycles. The molecule has 0 fully saturated rings. The molecule has 0 aromatic heterocycles. The summed E-state index contributed by atoms with van der Waals surface area (Å²) >= 11 is 0. The van der Waals surface area contributed by atoms with Gasteiger partial charge in [-0.1, -0.05) is 0 Å². The molecule has 0 saturated carbocycles. The molecule has 0 spiro atoms. The molecule has 1 radical (unpaired) electrons. The molecule has 0 aliphatic rings. The molecular formula is H4CoKO4P. The van der Waals surface area contributed by atoms with Gasteiger partial charge in [0.25, 0.3) is 0 Å². The Morgan fingerprint density at radius 2 is 1.29 bits per heavy atom. The number of hydrogen-bond acceptors (Lipinski definition) is 1. The van der Waals surface area contributed by atoms with Gasteiger partial charge in [0.2, 0.25) is 0 Å². The molecule has 0 aliphatic carbocycles. The van der Waals surface area contributed by atoms with E-state index in [1.54, 1.807) is 0 Å². The van der Waals surface area contributed by atoms with Gasteiger partial charge in [-0.25, -0.2) is 4.57 Å². The fourth-order valence-electron chi connectivity index (χ4n) is 0. The van der Waals surface area contributed by atoms with Crippen LogP contribution in [0.4, 0.5) is 0 Å². The molecule has 0 bridgehead atoms. The minimum absolute atomic E-state index is 0. The number of phosphoric acid groups is 1. The van der Waals surface area contributed by atoms with Crippen LogP contribution in [-0.2, 0) is 21.3 Å². The molecule has 4 nitrogen and oxygen atoms in total. The quantitative estimate of drug-likeness (QED) is 0.275. The van der Waals surface area contributed by atoms with E-state index < -0.39 is 7.82 Å². The van der Waals surface area contributed by atoms with Gasteiger partial charge in [0.1, 0.15) is 0 Å². The van der Waals surface area contributed by atoms with Crippen molar-refractivity contribution in [2.24, 2.45) is 0 Å². The molecule has 0 unspecified atom stereocenters. The van der Waals surface area contributed by atoms with Crippen LogP contribution in [0.25, 0.3) is 0 Å². The van der Waals surface area contributed by atoms with E-state index in [0.717, 1.165) is 0 Å². The molecule has 0 rings (SSSR count). The molecule has 7 heavy (non-hydrogen) atoms. The molecule has 3 N–H and O–H groups in total. The molecule has 0 heterocycles. The Kier molecular flexibility index (Phi) is 14.7. The summed E-state index contributed by atoms with van der Waals surface area (Å²) < 4.78 is 8.88. The van der Waals surface area contributed by atoms with E-state index >= 15 is 0 Å². The molecular weight excluding hydrogens is 193 g/mol. The smallest absolute Gasteiger partial charge is 1.00 e. The van der Waals surface area contributed by atoms with Crippen molar-refractivity contribution >= 4 is 7.82 Å². The van der Waals surface area contributed by atoms with Gasteiger partial charge in [-0.05, 0) is 0 Å². The monoisotopic (exact) mass is 197 g/mol. The van der Waals surface area contributed by atoms with Gasteiger partial charge < -0.3 is 16.1 Å². The second kappa shape index (κ2) is 6.37. The molecule has 0 amide bonds. The van der Waals surface area contributed by atoms with Gasteiger partial charge in [0.05, 0.1) is 0 Å². The van der Waals surface area contributed by atoms with Crippen LogP contribution in [0.15, 0.2) is 0 Å². The molecule has 0 atom stereocenters. The zero-order valence-electron chi connectivity index (χ0n) is 4.53. The largest absolute Gasteiger partial charge is 1.00 e. The molecule has 0 aromatic rings. The Bertz CT molecular complexity index is 62.2. The summed E-state index contributed by atoms with van der Waals surface area (Å²) in [6, 6.07) is 0. The van der Waals surface area contributed by atoms with Crippen molar-refractivity contribution in [2.45, 2.75) is 0 Å². The van der Waals surface area contributed by atoms with E-state index in [-0.39, 0.29) is 69.6 Å². The number of hydrogen-bond donors (Lipinski definition) is 3. The Morgan fingerprint density at radius 3 is 1.29 bits per heavy atom. The third-order valence-electron chi connectivity index (χ3n) is 0. The predicted octanol–water partition coefficient (Wildman–Crippen LogP) is -3.81. The average Bonchev–Trinajstić information content (AvgIpc) is 0.722. The van der Waals surface area contributed by atoms with Gasteiger partial charge in [0.15, 0.2) is 0 Å². The van der Waals surface area contributed by atoms with Crippen LogP contribution in [0.3, 0.4) is 0 Å². The second-order valence-electron chi connectivity index (χ2n) is 0.513. The predicted molar refractivity (Wildman–Crippen MR) is 15.4 cm³/mol. The first-order valence-electron chi connectivity index (χ1n) is 0.783. The van der Waals surface area contributed by atoms with Crippen molar-refractivity contribution in [3.8, 4) is 0 Å². The van der Waals surface area contributed by atoms with Crippen molar-refractivity contribution < 1.29 is 88.8 Å². The fourth-order valence-corrected chi connectivity index (χ4v) is 0. The number of rotatable bonds is 0.